The molecule has 0 bridgehead atoms. The quantitative estimate of drug-likeness (QED) is 0.483. The molecule has 24 heavy (non-hydrogen) atoms. The second-order valence-electron chi connectivity index (χ2n) is 5.25. The maximum atomic E-state index is 5.84. The van der Waals surface area contributed by atoms with Crippen LogP contribution in [0.4, 0.5) is 0 Å². The van der Waals surface area contributed by atoms with Gasteiger partial charge in [-0.3, -0.25) is 4.98 Å². The zero-order valence-electron chi connectivity index (χ0n) is 13.8. The molecule has 3 aromatic rings. The normalized spacial score (nSPS) is 10.8. The summed E-state index contributed by atoms with van der Waals surface area (Å²) < 4.78 is 7.96. The van der Waals surface area contributed by atoms with Crippen molar-refractivity contribution in [3.63, 3.8) is 0 Å². The number of para-hydroxylation sites is 1. The number of rotatable bonds is 7. The molecule has 0 radical (unpaired) electrons. The molecule has 1 aromatic carbocycles. The molecular formula is C18H20N4OS. The third-order valence-corrected chi connectivity index (χ3v) is 4.57. The average Bonchev–Trinajstić information content (AvgIpc) is 3.04. The van der Waals surface area contributed by atoms with Crippen molar-refractivity contribution in [2.45, 2.75) is 25.5 Å². The van der Waals surface area contributed by atoms with Gasteiger partial charge in [0.15, 0.2) is 11.0 Å². The summed E-state index contributed by atoms with van der Waals surface area (Å²) in [4.78, 5) is 4.05. The highest BCUT2D eigenvalue weighted by molar-refractivity contribution is 7.99. The van der Waals surface area contributed by atoms with E-state index >= 15 is 0 Å². The van der Waals surface area contributed by atoms with Crippen molar-refractivity contribution in [3.8, 4) is 17.1 Å². The van der Waals surface area contributed by atoms with Crippen molar-refractivity contribution in [1.29, 1.82) is 0 Å². The fourth-order valence-corrected chi connectivity index (χ4v) is 3.22. The van der Waals surface area contributed by atoms with Gasteiger partial charge in [-0.2, -0.15) is 0 Å². The molecule has 0 unspecified atom stereocenters. The van der Waals surface area contributed by atoms with Crippen LogP contribution >= 0.6 is 11.8 Å². The fourth-order valence-electron chi connectivity index (χ4n) is 2.40. The summed E-state index contributed by atoms with van der Waals surface area (Å²) >= 11 is 1.66. The van der Waals surface area contributed by atoms with E-state index in [4.69, 9.17) is 4.74 Å². The molecule has 0 amide bonds. The third kappa shape index (κ3) is 3.76. The van der Waals surface area contributed by atoms with Crippen molar-refractivity contribution in [1.82, 2.24) is 19.7 Å². The molecule has 124 valence electrons. The highest BCUT2D eigenvalue weighted by Crippen LogP contribution is 2.24. The van der Waals surface area contributed by atoms with Crippen LogP contribution in [0, 0.1) is 6.92 Å². The molecule has 0 fully saturated rings. The van der Waals surface area contributed by atoms with E-state index in [1.165, 1.54) is 0 Å². The Kier molecular flexibility index (Phi) is 5.48. The van der Waals surface area contributed by atoms with Crippen LogP contribution in [0.2, 0.25) is 0 Å². The molecule has 0 aliphatic heterocycles. The molecule has 6 heteroatoms. The first kappa shape index (κ1) is 16.5. The Morgan fingerprint density at radius 2 is 1.88 bits per heavy atom. The molecule has 0 spiro atoms. The molecule has 2 heterocycles. The third-order valence-electron chi connectivity index (χ3n) is 3.64. The maximum Gasteiger partial charge on any atom is 0.191 e. The van der Waals surface area contributed by atoms with Crippen molar-refractivity contribution in [2.75, 3.05) is 12.4 Å². The minimum absolute atomic E-state index is 0.636. The van der Waals surface area contributed by atoms with Gasteiger partial charge in [-0.25, -0.2) is 0 Å². The van der Waals surface area contributed by atoms with Gasteiger partial charge in [0.05, 0.1) is 6.61 Å². The van der Waals surface area contributed by atoms with Crippen LogP contribution in [0.5, 0.6) is 5.75 Å². The number of pyridine rings is 1. The summed E-state index contributed by atoms with van der Waals surface area (Å²) in [6, 6.07) is 12.0. The Balaban J connectivity index is 1.62. The summed E-state index contributed by atoms with van der Waals surface area (Å²) in [7, 11) is 0. The Labute approximate surface area is 146 Å². The Bertz CT molecular complexity index is 789. The van der Waals surface area contributed by atoms with Crippen molar-refractivity contribution >= 4 is 11.8 Å². The highest BCUT2D eigenvalue weighted by atomic mass is 32.2. The van der Waals surface area contributed by atoms with Gasteiger partial charge < -0.3 is 9.30 Å². The van der Waals surface area contributed by atoms with Gasteiger partial charge in [-0.1, -0.05) is 30.0 Å². The number of benzene rings is 1. The second kappa shape index (κ2) is 7.97. The van der Waals surface area contributed by atoms with E-state index in [1.54, 1.807) is 24.2 Å². The lowest BCUT2D eigenvalue weighted by Gasteiger charge is -2.09. The first-order valence-corrected chi connectivity index (χ1v) is 8.93. The molecule has 2 aromatic heterocycles. The zero-order chi connectivity index (χ0) is 16.8. The molecule has 5 nitrogen and oxygen atoms in total. The minimum Gasteiger partial charge on any atom is -0.492 e. The second-order valence-corrected chi connectivity index (χ2v) is 6.31. The smallest absolute Gasteiger partial charge is 0.191 e. The topological polar surface area (TPSA) is 52.8 Å². The van der Waals surface area contributed by atoms with E-state index in [1.807, 2.05) is 30.3 Å². The summed E-state index contributed by atoms with van der Waals surface area (Å²) in [5.41, 5.74) is 2.18. The largest absolute Gasteiger partial charge is 0.492 e. The zero-order valence-corrected chi connectivity index (χ0v) is 14.7. The van der Waals surface area contributed by atoms with Gasteiger partial charge in [0.1, 0.15) is 5.75 Å². The lowest BCUT2D eigenvalue weighted by Crippen LogP contribution is -2.04. The Morgan fingerprint density at radius 3 is 2.62 bits per heavy atom. The number of hydrogen-bond acceptors (Lipinski definition) is 5. The van der Waals surface area contributed by atoms with Crippen LogP contribution in [0.15, 0.2) is 53.9 Å². The van der Waals surface area contributed by atoms with Crippen LogP contribution in [0.1, 0.15) is 12.5 Å². The van der Waals surface area contributed by atoms with E-state index in [2.05, 4.69) is 39.7 Å². The summed E-state index contributed by atoms with van der Waals surface area (Å²) in [6.45, 7) is 5.61. The predicted octanol–water partition coefficient (Wildman–Crippen LogP) is 3.84. The minimum atomic E-state index is 0.636. The van der Waals surface area contributed by atoms with E-state index < -0.39 is 0 Å². The number of aryl methyl sites for hydroxylation is 1. The number of nitrogens with zero attached hydrogens (tertiary/aromatic N) is 4. The van der Waals surface area contributed by atoms with E-state index in [-0.39, 0.29) is 0 Å². The van der Waals surface area contributed by atoms with Crippen molar-refractivity contribution in [3.05, 3.63) is 54.4 Å². The lowest BCUT2D eigenvalue weighted by molar-refractivity contribution is 0.341. The van der Waals surface area contributed by atoms with Crippen LogP contribution in [-0.4, -0.2) is 32.1 Å². The predicted molar refractivity (Wildman–Crippen MR) is 96.3 cm³/mol. The highest BCUT2D eigenvalue weighted by Gasteiger charge is 2.12. The number of hydrogen-bond donors (Lipinski definition) is 0. The first-order chi connectivity index (χ1) is 11.8. The van der Waals surface area contributed by atoms with Crippen LogP contribution in [0.3, 0.4) is 0 Å². The lowest BCUT2D eigenvalue weighted by atomic mass is 10.2. The Hall–Kier alpha value is -2.34. The molecule has 0 aliphatic rings. The van der Waals surface area contributed by atoms with Crippen LogP contribution < -0.4 is 4.74 Å². The molecular weight excluding hydrogens is 320 g/mol. The maximum absolute atomic E-state index is 5.84. The van der Waals surface area contributed by atoms with Crippen LogP contribution in [-0.2, 0) is 6.54 Å². The van der Waals surface area contributed by atoms with Gasteiger partial charge in [-0.05, 0) is 37.6 Å². The van der Waals surface area contributed by atoms with Gasteiger partial charge in [0, 0.05) is 30.3 Å². The number of aromatic nitrogens is 4. The SMILES string of the molecule is CCn1c(SCCOc2ccccc2C)nnc1-c1ccncc1. The standard InChI is InChI=1S/C18H20N4OS/c1-3-22-17(15-8-10-19-11-9-15)20-21-18(22)24-13-12-23-16-7-5-4-6-14(16)2/h4-11H,3,12-13H2,1-2H3. The molecule has 0 aliphatic carbocycles. The van der Waals surface area contributed by atoms with E-state index in [0.29, 0.717) is 6.61 Å². The average molecular weight is 340 g/mol. The van der Waals surface area contributed by atoms with Crippen molar-refractivity contribution in [2.24, 2.45) is 0 Å². The molecule has 0 saturated heterocycles. The summed E-state index contributed by atoms with van der Waals surface area (Å²) in [6.07, 6.45) is 3.54. The number of ether oxygens (including phenoxy) is 1. The fraction of sp³-hybridized carbons (Fsp3) is 0.278. The van der Waals surface area contributed by atoms with Gasteiger partial charge in [-0.15, -0.1) is 10.2 Å². The molecule has 0 saturated carbocycles. The van der Waals surface area contributed by atoms with Gasteiger partial charge in [0.2, 0.25) is 0 Å². The summed E-state index contributed by atoms with van der Waals surface area (Å²) in [5.74, 6) is 2.64. The van der Waals surface area contributed by atoms with E-state index in [0.717, 1.165) is 40.2 Å². The van der Waals surface area contributed by atoms with Gasteiger partial charge >= 0.3 is 0 Å². The van der Waals surface area contributed by atoms with E-state index in [9.17, 15) is 0 Å². The number of thioether (sulfide) groups is 1. The molecule has 0 atom stereocenters. The first-order valence-electron chi connectivity index (χ1n) is 7.94. The van der Waals surface area contributed by atoms with Crippen LogP contribution in [0.25, 0.3) is 11.4 Å². The molecule has 0 N–H and O–H groups in total. The van der Waals surface area contributed by atoms with Gasteiger partial charge in [0.25, 0.3) is 0 Å². The monoisotopic (exact) mass is 340 g/mol. The molecule has 3 rings (SSSR count). The summed E-state index contributed by atoms with van der Waals surface area (Å²) in [5, 5.41) is 9.57. The van der Waals surface area contributed by atoms with Crippen molar-refractivity contribution < 1.29 is 4.74 Å². The Morgan fingerprint density at radius 1 is 1.08 bits per heavy atom.